The molecule has 0 spiro atoms. The molecule has 3 heteroatoms. The first-order valence-electron chi connectivity index (χ1n) is 4.81. The van der Waals surface area contributed by atoms with Crippen molar-refractivity contribution in [1.29, 1.82) is 10.5 Å². The summed E-state index contributed by atoms with van der Waals surface area (Å²) in [6, 6.07) is 8.12. The predicted octanol–water partition coefficient (Wildman–Crippen LogP) is 3.34. The van der Waals surface area contributed by atoms with E-state index in [4.69, 9.17) is 10.5 Å². The molecule has 0 aliphatic carbocycles. The number of nitrogens with zero attached hydrogens (tertiary/aromatic N) is 2. The summed E-state index contributed by atoms with van der Waals surface area (Å²) in [5.41, 5.74) is 2.65. The SMILES string of the molecule is CCCc1cc(C#N)c(Br)c(CC#N)c1. The molecule has 0 aliphatic rings. The molecule has 1 rings (SSSR count). The molecule has 15 heavy (non-hydrogen) atoms. The Balaban J connectivity index is 3.21. The Morgan fingerprint density at radius 1 is 1.33 bits per heavy atom. The molecular formula is C12H11BrN2. The van der Waals surface area contributed by atoms with Gasteiger partial charge in [-0.25, -0.2) is 0 Å². The average molecular weight is 263 g/mol. The molecule has 0 radical (unpaired) electrons. The van der Waals surface area contributed by atoms with Crippen LogP contribution in [0, 0.1) is 22.7 Å². The second kappa shape index (κ2) is 5.53. The van der Waals surface area contributed by atoms with Crippen molar-refractivity contribution in [1.82, 2.24) is 0 Å². The first-order chi connectivity index (χ1) is 7.22. The largest absolute Gasteiger partial charge is 0.198 e. The molecule has 0 amide bonds. The zero-order chi connectivity index (χ0) is 11.3. The first-order valence-corrected chi connectivity index (χ1v) is 5.60. The van der Waals surface area contributed by atoms with Crippen molar-refractivity contribution in [2.24, 2.45) is 0 Å². The summed E-state index contributed by atoms with van der Waals surface area (Å²) in [5.74, 6) is 0. The highest BCUT2D eigenvalue weighted by atomic mass is 79.9. The number of hydrogen-bond donors (Lipinski definition) is 0. The van der Waals surface area contributed by atoms with Crippen molar-refractivity contribution in [3.63, 3.8) is 0 Å². The third-order valence-corrected chi connectivity index (χ3v) is 3.07. The minimum absolute atomic E-state index is 0.340. The van der Waals surface area contributed by atoms with E-state index >= 15 is 0 Å². The van der Waals surface area contributed by atoms with Gasteiger partial charge in [0.25, 0.3) is 0 Å². The highest BCUT2D eigenvalue weighted by Gasteiger charge is 2.07. The molecule has 0 saturated heterocycles. The van der Waals surface area contributed by atoms with Gasteiger partial charge in [0.15, 0.2) is 0 Å². The number of rotatable bonds is 3. The lowest BCUT2D eigenvalue weighted by atomic mass is 10.0. The van der Waals surface area contributed by atoms with Crippen molar-refractivity contribution >= 4 is 15.9 Å². The van der Waals surface area contributed by atoms with Crippen LogP contribution in [0.3, 0.4) is 0 Å². The van der Waals surface area contributed by atoms with Gasteiger partial charge in [0, 0.05) is 4.47 Å². The summed E-state index contributed by atoms with van der Waals surface area (Å²) >= 11 is 3.35. The zero-order valence-electron chi connectivity index (χ0n) is 8.55. The number of benzene rings is 1. The van der Waals surface area contributed by atoms with Gasteiger partial charge in [-0.2, -0.15) is 10.5 Å². The standard InChI is InChI=1S/C12H11BrN2/c1-2-3-9-6-10(4-5-14)12(13)11(7-9)8-15/h6-7H,2-4H2,1H3. The highest BCUT2D eigenvalue weighted by Crippen LogP contribution is 2.24. The molecule has 0 atom stereocenters. The van der Waals surface area contributed by atoms with Crippen LogP contribution in [0.5, 0.6) is 0 Å². The van der Waals surface area contributed by atoms with Gasteiger partial charge >= 0.3 is 0 Å². The fourth-order valence-electron chi connectivity index (χ4n) is 1.48. The molecule has 0 unspecified atom stereocenters. The van der Waals surface area contributed by atoms with Gasteiger partial charge in [-0.15, -0.1) is 0 Å². The Hall–Kier alpha value is -1.32. The summed E-state index contributed by atoms with van der Waals surface area (Å²) < 4.78 is 0.756. The van der Waals surface area contributed by atoms with Gasteiger partial charge in [-0.05, 0) is 39.5 Å². The number of nitriles is 2. The van der Waals surface area contributed by atoms with E-state index in [0.29, 0.717) is 12.0 Å². The van der Waals surface area contributed by atoms with Gasteiger partial charge in [-0.3, -0.25) is 0 Å². The molecule has 0 fully saturated rings. The smallest absolute Gasteiger partial charge is 0.100 e. The van der Waals surface area contributed by atoms with E-state index in [1.807, 2.05) is 12.1 Å². The number of aryl methyl sites for hydroxylation is 1. The van der Waals surface area contributed by atoms with E-state index in [-0.39, 0.29) is 0 Å². The lowest BCUT2D eigenvalue weighted by Crippen LogP contribution is -1.93. The molecule has 0 aliphatic heterocycles. The molecule has 0 aromatic heterocycles. The van der Waals surface area contributed by atoms with Crippen molar-refractivity contribution in [2.75, 3.05) is 0 Å². The summed E-state index contributed by atoms with van der Waals surface area (Å²) in [7, 11) is 0. The van der Waals surface area contributed by atoms with E-state index in [2.05, 4.69) is 35.0 Å². The number of halogens is 1. The fraction of sp³-hybridized carbons (Fsp3) is 0.333. The van der Waals surface area contributed by atoms with E-state index in [1.54, 1.807) is 0 Å². The van der Waals surface area contributed by atoms with Gasteiger partial charge < -0.3 is 0 Å². The van der Waals surface area contributed by atoms with E-state index in [1.165, 1.54) is 0 Å². The van der Waals surface area contributed by atoms with Crippen LogP contribution >= 0.6 is 15.9 Å². The summed E-state index contributed by atoms with van der Waals surface area (Å²) in [6.07, 6.45) is 2.33. The Morgan fingerprint density at radius 3 is 2.60 bits per heavy atom. The Labute approximate surface area is 98.3 Å². The molecule has 0 saturated carbocycles. The van der Waals surface area contributed by atoms with Crippen LogP contribution in [-0.4, -0.2) is 0 Å². The normalized spacial score (nSPS) is 9.33. The van der Waals surface area contributed by atoms with Crippen molar-refractivity contribution < 1.29 is 0 Å². The maximum absolute atomic E-state index is 8.94. The van der Waals surface area contributed by atoms with E-state index in [0.717, 1.165) is 28.4 Å². The van der Waals surface area contributed by atoms with Crippen LogP contribution in [0.2, 0.25) is 0 Å². The Bertz CT molecular complexity index is 438. The molecular weight excluding hydrogens is 252 g/mol. The van der Waals surface area contributed by atoms with Crippen LogP contribution in [0.1, 0.15) is 30.0 Å². The molecule has 1 aromatic rings. The van der Waals surface area contributed by atoms with Crippen molar-refractivity contribution in [2.45, 2.75) is 26.2 Å². The minimum Gasteiger partial charge on any atom is -0.198 e. The van der Waals surface area contributed by atoms with Crippen LogP contribution in [0.25, 0.3) is 0 Å². The Kier molecular flexibility index (Phi) is 4.34. The first kappa shape index (κ1) is 11.8. The lowest BCUT2D eigenvalue weighted by molar-refractivity contribution is 0.917. The van der Waals surface area contributed by atoms with Crippen LogP contribution in [-0.2, 0) is 12.8 Å². The summed E-state index contributed by atoms with van der Waals surface area (Å²) in [6.45, 7) is 2.10. The summed E-state index contributed by atoms with van der Waals surface area (Å²) in [5, 5.41) is 17.6. The molecule has 1 aromatic carbocycles. The minimum atomic E-state index is 0.340. The van der Waals surface area contributed by atoms with Gasteiger partial charge in [-0.1, -0.05) is 19.4 Å². The van der Waals surface area contributed by atoms with Crippen molar-refractivity contribution in [3.8, 4) is 12.1 Å². The highest BCUT2D eigenvalue weighted by molar-refractivity contribution is 9.10. The monoisotopic (exact) mass is 262 g/mol. The Morgan fingerprint density at radius 2 is 2.07 bits per heavy atom. The topological polar surface area (TPSA) is 47.6 Å². The fourth-order valence-corrected chi connectivity index (χ4v) is 1.94. The van der Waals surface area contributed by atoms with E-state index in [9.17, 15) is 0 Å². The summed E-state index contributed by atoms with van der Waals surface area (Å²) in [4.78, 5) is 0. The zero-order valence-corrected chi connectivity index (χ0v) is 10.1. The second-order valence-corrected chi connectivity index (χ2v) is 4.11. The predicted molar refractivity (Wildman–Crippen MR) is 62.2 cm³/mol. The second-order valence-electron chi connectivity index (χ2n) is 3.31. The third kappa shape index (κ3) is 2.81. The van der Waals surface area contributed by atoms with Gasteiger partial charge in [0.05, 0.1) is 18.1 Å². The molecule has 76 valence electrons. The lowest BCUT2D eigenvalue weighted by Gasteiger charge is -2.06. The molecule has 2 nitrogen and oxygen atoms in total. The molecule has 0 N–H and O–H groups in total. The maximum Gasteiger partial charge on any atom is 0.100 e. The van der Waals surface area contributed by atoms with Crippen LogP contribution < -0.4 is 0 Å². The quantitative estimate of drug-likeness (QED) is 0.839. The van der Waals surface area contributed by atoms with Crippen LogP contribution in [0.4, 0.5) is 0 Å². The molecule has 0 heterocycles. The maximum atomic E-state index is 8.94. The molecule has 0 bridgehead atoms. The van der Waals surface area contributed by atoms with Crippen LogP contribution in [0.15, 0.2) is 16.6 Å². The van der Waals surface area contributed by atoms with E-state index < -0.39 is 0 Å². The van der Waals surface area contributed by atoms with Gasteiger partial charge in [0.1, 0.15) is 6.07 Å². The third-order valence-electron chi connectivity index (χ3n) is 2.14. The van der Waals surface area contributed by atoms with Crippen molar-refractivity contribution in [3.05, 3.63) is 33.3 Å². The number of hydrogen-bond acceptors (Lipinski definition) is 2. The van der Waals surface area contributed by atoms with Gasteiger partial charge in [0.2, 0.25) is 0 Å². The average Bonchev–Trinajstić information content (AvgIpc) is 2.23.